The number of hydrogen-bond donors (Lipinski definition) is 2. The molecule has 276 valence electrons. The van der Waals surface area contributed by atoms with Crippen molar-refractivity contribution in [2.45, 2.75) is 51.7 Å². The van der Waals surface area contributed by atoms with Gasteiger partial charge in [-0.05, 0) is 55.5 Å². The Labute approximate surface area is 306 Å². The highest BCUT2D eigenvalue weighted by Crippen LogP contribution is 2.41. The van der Waals surface area contributed by atoms with Crippen molar-refractivity contribution in [2.75, 3.05) is 82.1 Å². The molecular formula is C36H50ClFN8O4Si. The van der Waals surface area contributed by atoms with Crippen LogP contribution in [0, 0.1) is 11.2 Å². The van der Waals surface area contributed by atoms with Crippen molar-refractivity contribution in [3.8, 4) is 11.3 Å². The van der Waals surface area contributed by atoms with Gasteiger partial charge in [-0.1, -0.05) is 32.4 Å². The lowest BCUT2D eigenvalue weighted by Crippen LogP contribution is -2.49. The second-order valence-corrected chi connectivity index (χ2v) is 20.4. The average Bonchev–Trinajstić information content (AvgIpc) is 3.43. The van der Waals surface area contributed by atoms with Crippen LogP contribution < -0.4 is 15.5 Å². The number of halogens is 2. The van der Waals surface area contributed by atoms with Gasteiger partial charge in [0.1, 0.15) is 17.1 Å². The highest BCUT2D eigenvalue weighted by molar-refractivity contribution is 6.74. The van der Waals surface area contributed by atoms with Crippen molar-refractivity contribution in [1.82, 2.24) is 25.0 Å². The molecule has 2 fully saturated rings. The Hall–Kier alpha value is -3.69. The molecule has 1 aromatic carbocycles. The average molecular weight is 741 g/mol. The van der Waals surface area contributed by atoms with Crippen LogP contribution in [-0.4, -0.2) is 112 Å². The first-order valence-electron chi connectivity index (χ1n) is 17.3. The number of esters is 1. The normalized spacial score (nSPS) is 18.8. The number of aromatic nitrogens is 3. The Morgan fingerprint density at radius 1 is 1.14 bits per heavy atom. The van der Waals surface area contributed by atoms with E-state index in [0.717, 1.165) is 26.2 Å². The molecule has 2 saturated heterocycles. The number of benzene rings is 1. The van der Waals surface area contributed by atoms with E-state index in [-0.39, 0.29) is 41.3 Å². The molecule has 0 spiro atoms. The fourth-order valence-corrected chi connectivity index (χ4v) is 7.07. The predicted molar refractivity (Wildman–Crippen MR) is 202 cm³/mol. The minimum atomic E-state index is -2.18. The largest absolute Gasteiger partial charge is 0.465 e. The van der Waals surface area contributed by atoms with Gasteiger partial charge in [-0.25, -0.2) is 9.37 Å². The number of hydrogen-bond acceptors (Lipinski definition) is 11. The van der Waals surface area contributed by atoms with Crippen molar-refractivity contribution in [1.29, 1.82) is 0 Å². The van der Waals surface area contributed by atoms with Crippen LogP contribution >= 0.6 is 11.6 Å². The van der Waals surface area contributed by atoms with Crippen molar-refractivity contribution < 1.29 is 23.1 Å². The first-order chi connectivity index (χ1) is 24.0. The number of nitrogens with one attached hydrogen (secondary N) is 2. The second-order valence-electron chi connectivity index (χ2n) is 15.2. The summed E-state index contributed by atoms with van der Waals surface area (Å²) in [7, 11) is 1.74. The molecule has 0 bridgehead atoms. The number of piperazine rings is 1. The van der Waals surface area contributed by atoms with Crippen LogP contribution in [0.15, 0.2) is 42.6 Å². The van der Waals surface area contributed by atoms with Crippen LogP contribution in [0.1, 0.15) is 33.6 Å². The minimum Gasteiger partial charge on any atom is -0.465 e. The maximum Gasteiger partial charge on any atom is 0.316 e. The summed E-state index contributed by atoms with van der Waals surface area (Å²) in [6, 6.07) is 9.42. The van der Waals surface area contributed by atoms with Crippen molar-refractivity contribution in [2.24, 2.45) is 5.41 Å². The lowest BCUT2D eigenvalue weighted by atomic mass is 9.87. The Morgan fingerprint density at radius 3 is 2.57 bits per heavy atom. The summed E-state index contributed by atoms with van der Waals surface area (Å²) in [6.45, 7) is 16.1. The number of amides is 1. The summed E-state index contributed by atoms with van der Waals surface area (Å²) in [5.74, 6) is -0.132. The van der Waals surface area contributed by atoms with Crippen LogP contribution in [-0.2, 0) is 18.8 Å². The summed E-state index contributed by atoms with van der Waals surface area (Å²) in [5, 5.41) is 15.5. The van der Waals surface area contributed by atoms with Gasteiger partial charge in [0.25, 0.3) is 0 Å². The summed E-state index contributed by atoms with van der Waals surface area (Å²) in [5.41, 5.74) is 0.633. The Balaban J connectivity index is 1.39. The van der Waals surface area contributed by atoms with E-state index in [1.54, 1.807) is 24.4 Å². The summed E-state index contributed by atoms with van der Waals surface area (Å²) < 4.78 is 27.1. The second kappa shape index (κ2) is 15.9. The van der Waals surface area contributed by atoms with Crippen molar-refractivity contribution in [3.63, 3.8) is 0 Å². The smallest absolute Gasteiger partial charge is 0.316 e. The molecule has 1 atom stereocenters. The predicted octanol–water partition coefficient (Wildman–Crippen LogP) is 6.04. The topological polar surface area (TPSA) is 125 Å². The Bertz CT molecular complexity index is 1720. The summed E-state index contributed by atoms with van der Waals surface area (Å²) in [4.78, 5) is 36.9. The van der Waals surface area contributed by atoms with E-state index in [9.17, 15) is 9.59 Å². The fourth-order valence-electron chi connectivity index (χ4n) is 5.83. The number of rotatable bonds is 13. The monoisotopic (exact) mass is 740 g/mol. The molecule has 1 amide bonds. The van der Waals surface area contributed by atoms with Gasteiger partial charge >= 0.3 is 5.97 Å². The quantitative estimate of drug-likeness (QED) is 0.157. The van der Waals surface area contributed by atoms with Gasteiger partial charge in [0, 0.05) is 87.7 Å². The van der Waals surface area contributed by atoms with Gasteiger partial charge in [-0.3, -0.25) is 9.59 Å². The third kappa shape index (κ3) is 9.60. The van der Waals surface area contributed by atoms with Crippen LogP contribution in [0.25, 0.3) is 11.3 Å². The molecular weight excluding hydrogens is 691 g/mol. The number of ether oxygens (including phenoxy) is 1. The van der Waals surface area contributed by atoms with E-state index in [0.29, 0.717) is 54.0 Å². The number of nitrogens with zero attached hydrogens (tertiary/aromatic N) is 6. The third-order valence-electron chi connectivity index (χ3n) is 10.2. The number of cyclic esters (lactones) is 1. The van der Waals surface area contributed by atoms with E-state index in [2.05, 4.69) is 76.5 Å². The zero-order valence-electron chi connectivity index (χ0n) is 30.7. The number of likely N-dealkylation sites (N-methyl/N-ethyl adjacent to an activating group) is 1. The number of carbonyl (C=O) groups is 2. The first-order valence-corrected chi connectivity index (χ1v) is 20.6. The van der Waals surface area contributed by atoms with Gasteiger partial charge in [0.05, 0.1) is 24.6 Å². The molecule has 1 unspecified atom stereocenters. The van der Waals surface area contributed by atoms with Gasteiger partial charge in [0.2, 0.25) is 5.91 Å². The number of carbonyl (C=O) groups excluding carboxylic acids is 2. The van der Waals surface area contributed by atoms with Crippen LogP contribution in [0.2, 0.25) is 23.2 Å². The lowest BCUT2D eigenvalue weighted by Gasteiger charge is -2.39. The molecule has 12 nitrogen and oxygen atoms in total. The van der Waals surface area contributed by atoms with E-state index < -0.39 is 19.5 Å². The standard InChI is InChI=1S/C36H50ClFN8O4Si/c1-35(2,3)51(6,7)50-24-36(12-19-49-34(36)48)23-45(5)33-30(22-29(42-43-33)27-20-25(37)8-9-28(27)38)40-26-10-13-39-31(21-26)41-32(47)11-14-46-17-15-44(4)16-18-46/h8-10,13,20-22H,11-12,14-19,23-24H2,1-7H3,(H2,39,40,41,42,47). The van der Waals surface area contributed by atoms with Gasteiger partial charge in [-0.2, -0.15) is 0 Å². The highest BCUT2D eigenvalue weighted by atomic mass is 35.5. The molecule has 3 aromatic rings. The van der Waals surface area contributed by atoms with Gasteiger partial charge < -0.3 is 34.5 Å². The van der Waals surface area contributed by atoms with E-state index in [1.807, 2.05) is 11.9 Å². The first kappa shape index (κ1) is 38.5. The van der Waals surface area contributed by atoms with E-state index in [4.69, 9.17) is 20.8 Å². The molecule has 0 aliphatic carbocycles. The summed E-state index contributed by atoms with van der Waals surface area (Å²) in [6.07, 6.45) is 2.44. The molecule has 0 saturated carbocycles. The van der Waals surface area contributed by atoms with Gasteiger partial charge in [0.15, 0.2) is 14.1 Å². The van der Waals surface area contributed by atoms with Crippen molar-refractivity contribution >= 4 is 54.8 Å². The Kier molecular flexibility index (Phi) is 12.0. The number of anilines is 4. The molecule has 2 aliphatic heterocycles. The highest BCUT2D eigenvalue weighted by Gasteiger charge is 2.49. The van der Waals surface area contributed by atoms with Crippen LogP contribution in [0.5, 0.6) is 0 Å². The zero-order chi connectivity index (χ0) is 37.0. The third-order valence-corrected chi connectivity index (χ3v) is 14.9. The van der Waals surface area contributed by atoms with Crippen LogP contribution in [0.3, 0.4) is 0 Å². The van der Waals surface area contributed by atoms with Crippen molar-refractivity contribution in [3.05, 3.63) is 53.4 Å². The molecule has 5 rings (SSSR count). The maximum absolute atomic E-state index is 15.0. The lowest BCUT2D eigenvalue weighted by molar-refractivity contribution is -0.147. The summed E-state index contributed by atoms with van der Waals surface area (Å²) >= 11 is 6.23. The van der Waals surface area contributed by atoms with Gasteiger partial charge in [-0.15, -0.1) is 10.2 Å². The molecule has 0 radical (unpaired) electrons. The van der Waals surface area contributed by atoms with E-state index >= 15 is 4.39 Å². The molecule has 4 heterocycles. The molecule has 15 heteroatoms. The fraction of sp³-hybridized carbons (Fsp3) is 0.528. The van der Waals surface area contributed by atoms with E-state index in [1.165, 1.54) is 18.2 Å². The molecule has 51 heavy (non-hydrogen) atoms. The number of pyridine rings is 1. The minimum absolute atomic E-state index is 0.0376. The maximum atomic E-state index is 15.0. The molecule has 2 aliphatic rings. The Morgan fingerprint density at radius 2 is 1.88 bits per heavy atom. The van der Waals surface area contributed by atoms with Crippen LogP contribution in [0.4, 0.5) is 27.4 Å². The zero-order valence-corrected chi connectivity index (χ0v) is 32.4. The molecule has 2 N–H and O–H groups in total. The molecule has 2 aromatic heterocycles. The SMILES string of the molecule is CN1CCN(CCC(=O)Nc2cc(Nc3cc(-c4cc(Cl)ccc4F)nnc3N(C)CC3(CO[Si](C)(C)C(C)(C)C)CCOC3=O)ccn2)CC1.